The fraction of sp³-hybridized carbons (Fsp3) is 0.190. The molecule has 8 heteroatoms. The minimum atomic E-state index is -0.535. The molecule has 1 aliphatic heterocycles. The second kappa shape index (κ2) is 8.05. The summed E-state index contributed by atoms with van der Waals surface area (Å²) in [6, 6.07) is 10.6. The third-order valence-corrected chi connectivity index (χ3v) is 5.16. The molecule has 29 heavy (non-hydrogen) atoms. The first-order valence-electron chi connectivity index (χ1n) is 9.19. The van der Waals surface area contributed by atoms with Crippen molar-refractivity contribution in [1.82, 2.24) is 14.9 Å². The number of hydrogen-bond acceptors (Lipinski definition) is 5. The lowest BCUT2D eigenvalue weighted by molar-refractivity contribution is -0.126. The SMILES string of the molecule is C=CC(=O)N1CCCN(c2ccc3ncnc(Nc4cccc(Cl)c4F)c3c2)C1. The van der Waals surface area contributed by atoms with Crippen LogP contribution in [0.25, 0.3) is 10.9 Å². The predicted octanol–water partition coefficient (Wildman–Crippen LogP) is 4.35. The van der Waals surface area contributed by atoms with E-state index in [9.17, 15) is 9.18 Å². The van der Waals surface area contributed by atoms with Crippen LogP contribution >= 0.6 is 11.6 Å². The van der Waals surface area contributed by atoms with E-state index in [2.05, 4.69) is 26.8 Å². The fourth-order valence-corrected chi connectivity index (χ4v) is 3.56. The van der Waals surface area contributed by atoms with Crippen molar-refractivity contribution in [2.75, 3.05) is 30.0 Å². The average molecular weight is 412 g/mol. The van der Waals surface area contributed by atoms with Crippen LogP contribution in [0.4, 0.5) is 21.6 Å². The number of nitrogens with zero attached hydrogens (tertiary/aromatic N) is 4. The number of carbonyl (C=O) groups excluding carboxylic acids is 1. The quantitative estimate of drug-likeness (QED) is 0.647. The van der Waals surface area contributed by atoms with Crippen LogP contribution < -0.4 is 10.2 Å². The molecule has 0 saturated carbocycles. The van der Waals surface area contributed by atoms with Gasteiger partial charge in [-0.3, -0.25) is 4.79 Å². The minimum Gasteiger partial charge on any atom is -0.354 e. The largest absolute Gasteiger partial charge is 0.354 e. The van der Waals surface area contributed by atoms with Gasteiger partial charge in [-0.05, 0) is 42.8 Å². The lowest BCUT2D eigenvalue weighted by Gasteiger charge is -2.36. The van der Waals surface area contributed by atoms with Gasteiger partial charge in [-0.1, -0.05) is 24.2 Å². The third kappa shape index (κ3) is 3.86. The van der Waals surface area contributed by atoms with Crippen molar-refractivity contribution in [1.29, 1.82) is 0 Å². The minimum absolute atomic E-state index is 0.0364. The first-order valence-corrected chi connectivity index (χ1v) is 9.56. The summed E-state index contributed by atoms with van der Waals surface area (Å²) in [7, 11) is 0. The molecule has 148 valence electrons. The summed E-state index contributed by atoms with van der Waals surface area (Å²) in [6.45, 7) is 5.58. The van der Waals surface area contributed by atoms with Crippen LogP contribution in [0.3, 0.4) is 0 Å². The van der Waals surface area contributed by atoms with Gasteiger partial charge >= 0.3 is 0 Å². The number of fused-ring (bicyclic) bond motifs is 1. The average Bonchev–Trinajstić information content (AvgIpc) is 2.76. The van der Waals surface area contributed by atoms with E-state index < -0.39 is 5.82 Å². The van der Waals surface area contributed by atoms with Crippen molar-refractivity contribution in [3.05, 3.63) is 66.2 Å². The molecule has 1 N–H and O–H groups in total. The molecule has 3 aromatic rings. The van der Waals surface area contributed by atoms with Gasteiger partial charge in [-0.15, -0.1) is 0 Å². The first kappa shape index (κ1) is 19.1. The highest BCUT2D eigenvalue weighted by atomic mass is 35.5. The zero-order chi connectivity index (χ0) is 20.4. The highest BCUT2D eigenvalue weighted by Gasteiger charge is 2.21. The van der Waals surface area contributed by atoms with E-state index in [-0.39, 0.29) is 16.6 Å². The van der Waals surface area contributed by atoms with Gasteiger partial charge in [0.1, 0.15) is 12.1 Å². The molecule has 0 radical (unpaired) electrons. The molecular formula is C21H19ClFN5O. The van der Waals surface area contributed by atoms with E-state index in [0.717, 1.165) is 29.6 Å². The van der Waals surface area contributed by atoms with E-state index in [1.165, 1.54) is 18.5 Å². The van der Waals surface area contributed by atoms with E-state index in [0.29, 0.717) is 19.0 Å². The second-order valence-electron chi connectivity index (χ2n) is 6.71. The van der Waals surface area contributed by atoms with Gasteiger partial charge in [-0.25, -0.2) is 14.4 Å². The van der Waals surface area contributed by atoms with E-state index in [1.807, 2.05) is 18.2 Å². The Morgan fingerprint density at radius 1 is 1.24 bits per heavy atom. The Labute approximate surface area is 172 Å². The highest BCUT2D eigenvalue weighted by Crippen LogP contribution is 2.30. The Hall–Kier alpha value is -3.19. The maximum atomic E-state index is 14.3. The van der Waals surface area contributed by atoms with Crippen LogP contribution in [-0.2, 0) is 4.79 Å². The van der Waals surface area contributed by atoms with Crippen molar-refractivity contribution in [2.24, 2.45) is 0 Å². The van der Waals surface area contributed by atoms with Gasteiger partial charge in [0.15, 0.2) is 5.82 Å². The number of hydrogen-bond donors (Lipinski definition) is 1. The second-order valence-corrected chi connectivity index (χ2v) is 7.12. The summed E-state index contributed by atoms with van der Waals surface area (Å²) in [5, 5.41) is 3.80. The Balaban J connectivity index is 1.68. The maximum Gasteiger partial charge on any atom is 0.247 e. The topological polar surface area (TPSA) is 61.4 Å². The van der Waals surface area contributed by atoms with Gasteiger partial charge in [0.05, 0.1) is 22.9 Å². The summed E-state index contributed by atoms with van der Waals surface area (Å²) in [5.41, 5.74) is 1.90. The van der Waals surface area contributed by atoms with Gasteiger partial charge in [0.25, 0.3) is 0 Å². The lowest BCUT2D eigenvalue weighted by Crippen LogP contribution is -2.47. The normalized spacial score (nSPS) is 14.1. The molecule has 0 bridgehead atoms. The van der Waals surface area contributed by atoms with Crippen LogP contribution in [0.15, 0.2) is 55.4 Å². The molecule has 1 fully saturated rings. The molecular weight excluding hydrogens is 393 g/mol. The third-order valence-electron chi connectivity index (χ3n) is 4.87. The monoisotopic (exact) mass is 411 g/mol. The summed E-state index contributed by atoms with van der Waals surface area (Å²) in [6.07, 6.45) is 3.62. The molecule has 2 aromatic carbocycles. The molecule has 1 amide bonds. The highest BCUT2D eigenvalue weighted by molar-refractivity contribution is 6.31. The lowest BCUT2D eigenvalue weighted by atomic mass is 10.1. The summed E-state index contributed by atoms with van der Waals surface area (Å²) >= 11 is 5.88. The maximum absolute atomic E-state index is 14.3. The van der Waals surface area contributed by atoms with Crippen molar-refractivity contribution >= 4 is 45.6 Å². The number of aromatic nitrogens is 2. The molecule has 0 aliphatic carbocycles. The Morgan fingerprint density at radius 2 is 2.10 bits per heavy atom. The van der Waals surface area contributed by atoms with Crippen LogP contribution in [0, 0.1) is 5.82 Å². The van der Waals surface area contributed by atoms with Gasteiger partial charge in [0, 0.05) is 24.2 Å². The van der Waals surface area contributed by atoms with Crippen molar-refractivity contribution in [3.63, 3.8) is 0 Å². The Morgan fingerprint density at radius 3 is 2.93 bits per heavy atom. The molecule has 0 unspecified atom stereocenters. The number of rotatable bonds is 4. The molecule has 1 aliphatic rings. The zero-order valence-corrected chi connectivity index (χ0v) is 16.4. The predicted molar refractivity (Wildman–Crippen MR) is 113 cm³/mol. The van der Waals surface area contributed by atoms with Crippen LogP contribution in [0.1, 0.15) is 6.42 Å². The number of amides is 1. The molecule has 4 rings (SSSR count). The molecule has 2 heterocycles. The van der Waals surface area contributed by atoms with E-state index >= 15 is 0 Å². The molecule has 0 atom stereocenters. The zero-order valence-electron chi connectivity index (χ0n) is 15.6. The standard InChI is InChI=1S/C21H19ClFN5O/c1-2-19(29)28-10-4-9-27(13-28)14-7-8-17-15(11-14)21(25-12-24-17)26-18-6-3-5-16(22)20(18)23/h2-3,5-8,11-12H,1,4,9-10,13H2,(H,24,25,26). The van der Waals surface area contributed by atoms with E-state index in [4.69, 9.17) is 11.6 Å². The number of halogens is 2. The molecule has 0 spiro atoms. The molecule has 6 nitrogen and oxygen atoms in total. The van der Waals surface area contributed by atoms with Crippen molar-refractivity contribution < 1.29 is 9.18 Å². The van der Waals surface area contributed by atoms with Gasteiger partial charge < -0.3 is 15.1 Å². The van der Waals surface area contributed by atoms with Crippen molar-refractivity contribution in [2.45, 2.75) is 6.42 Å². The van der Waals surface area contributed by atoms with Crippen LogP contribution in [0.2, 0.25) is 5.02 Å². The number of carbonyl (C=O) groups is 1. The van der Waals surface area contributed by atoms with Gasteiger partial charge in [-0.2, -0.15) is 0 Å². The number of anilines is 3. The summed E-state index contributed by atoms with van der Waals surface area (Å²) in [5.74, 6) is -0.140. The fourth-order valence-electron chi connectivity index (χ4n) is 3.39. The molecule has 1 aromatic heterocycles. The summed E-state index contributed by atoms with van der Waals surface area (Å²) < 4.78 is 14.3. The first-order chi connectivity index (χ1) is 14.1. The smallest absolute Gasteiger partial charge is 0.247 e. The van der Waals surface area contributed by atoms with E-state index in [1.54, 1.807) is 17.0 Å². The summed E-state index contributed by atoms with van der Waals surface area (Å²) in [4.78, 5) is 24.4. The van der Waals surface area contributed by atoms with Crippen molar-refractivity contribution in [3.8, 4) is 0 Å². The van der Waals surface area contributed by atoms with Gasteiger partial charge in [0.2, 0.25) is 5.91 Å². The Kier molecular flexibility index (Phi) is 5.31. The number of nitrogens with one attached hydrogen (secondary N) is 1. The Bertz CT molecular complexity index is 1090. The molecule has 1 saturated heterocycles. The van der Waals surface area contributed by atoms with Crippen LogP contribution in [0.5, 0.6) is 0 Å². The number of benzene rings is 2. The van der Waals surface area contributed by atoms with Crippen LogP contribution in [-0.4, -0.2) is 40.5 Å².